The summed E-state index contributed by atoms with van der Waals surface area (Å²) in [4.78, 5) is 83.2. The maximum Gasteiger partial charge on any atom is 0.501 e. The molecule has 0 spiro atoms. The standard InChI is InChI=1S/C77H96ClF3N10O11S4/c1-52(54-19-21-56(22-20-54)71-53(2)82-51-104-71)83-74(96)67-45-62(92)49-91(67)75(97)72(76(3,4)5)85-69(93)17-13-8-6-7-9-14-18-70(94)90-36-34-65(55-23-27-59(78)28-24-55)58(48-90)47-88-37-39-89(40-38-88)61-29-25-57(26-30-61)73(95)86-106(100,101)64-31-32-66(68(46-64)105(98,99)77(79,80)81)84-60(33-35-87-41-43-102-44-42-87)50-103-63-15-11-10-12-16-63/h10-12,15-16,19-32,46,51-52,60,62,67,72,84,92H,6-9,13-14,17-18,33-45,47-50H2,1-5H3,(H,83,96)(H,85,93)(H,86,95)/t52-,60?,62+,67-,72?/m0/s1. The number of aromatic nitrogens is 1. The van der Waals surface area contributed by atoms with Crippen LogP contribution < -0.4 is 25.6 Å². The van der Waals surface area contributed by atoms with Gasteiger partial charge in [0.1, 0.15) is 17.0 Å². The van der Waals surface area contributed by atoms with Crippen molar-refractivity contribution >= 4 is 101 Å². The minimum absolute atomic E-state index is 0.0224. The molecule has 0 aliphatic carbocycles. The topological polar surface area (TPSA) is 260 Å². The number of carbonyl (C=O) groups excluding carboxylic acids is 5. The van der Waals surface area contributed by atoms with Gasteiger partial charge in [-0.15, -0.1) is 23.1 Å². The van der Waals surface area contributed by atoms with Crippen molar-refractivity contribution in [2.75, 3.05) is 101 Å². The number of morpholine rings is 1. The lowest BCUT2D eigenvalue weighted by Crippen LogP contribution is -2.57. The van der Waals surface area contributed by atoms with Crippen molar-refractivity contribution in [3.63, 3.8) is 0 Å². The van der Waals surface area contributed by atoms with E-state index in [0.29, 0.717) is 128 Å². The average molecular weight is 1560 g/mol. The van der Waals surface area contributed by atoms with Crippen LogP contribution in [0, 0.1) is 12.3 Å². The molecule has 572 valence electrons. The largest absolute Gasteiger partial charge is 0.501 e. The second-order valence-electron chi connectivity index (χ2n) is 28.7. The number of sulfonamides is 1. The first-order chi connectivity index (χ1) is 50.5. The number of aliphatic hydroxyl groups excluding tert-OH is 1. The number of aryl methyl sites for hydroxylation is 1. The van der Waals surface area contributed by atoms with Gasteiger partial charge in [-0.05, 0) is 140 Å². The number of alkyl halides is 3. The number of hydrogen-bond donors (Lipinski definition) is 5. The third-order valence-electron chi connectivity index (χ3n) is 19.9. The van der Waals surface area contributed by atoms with Crippen LogP contribution in [0.4, 0.5) is 24.5 Å². The number of aliphatic hydroxyl groups is 1. The van der Waals surface area contributed by atoms with Gasteiger partial charge in [0.05, 0.1) is 52.0 Å². The van der Waals surface area contributed by atoms with Gasteiger partial charge in [0.15, 0.2) is 0 Å². The van der Waals surface area contributed by atoms with Crippen LogP contribution >= 0.6 is 34.7 Å². The number of carbonyl (C=O) groups is 5. The highest BCUT2D eigenvalue weighted by atomic mass is 35.5. The second kappa shape index (κ2) is 36.7. The third kappa shape index (κ3) is 21.7. The van der Waals surface area contributed by atoms with Crippen LogP contribution in [-0.2, 0) is 43.8 Å². The number of thioether (sulfide) groups is 1. The summed E-state index contributed by atoms with van der Waals surface area (Å²) >= 11 is 9.32. The van der Waals surface area contributed by atoms with Gasteiger partial charge in [-0.3, -0.25) is 33.8 Å². The van der Waals surface area contributed by atoms with E-state index in [1.165, 1.54) is 34.4 Å². The highest BCUT2D eigenvalue weighted by Gasteiger charge is 2.49. The summed E-state index contributed by atoms with van der Waals surface area (Å²) in [6.07, 6.45) is 5.60. The monoisotopic (exact) mass is 1560 g/mol. The van der Waals surface area contributed by atoms with Crippen molar-refractivity contribution < 1.29 is 63.8 Å². The number of anilines is 2. The number of likely N-dealkylation sites (tertiary alicyclic amines) is 1. The average Bonchev–Trinajstić information content (AvgIpc) is 0.872. The van der Waals surface area contributed by atoms with Crippen LogP contribution in [0.1, 0.15) is 132 Å². The molecule has 5 atom stereocenters. The SMILES string of the molecule is Cc1ncsc1-c1ccc([C@H](C)NC(=O)[C@@H]2C[C@@H](O)CN2C(=O)C(NC(=O)CCCCCCCCC(=O)N2CCC(c3ccc(Cl)cc3)=C(CN3CCN(c4ccc(C(=O)NS(=O)(=O)c5ccc(NC(CCN6CCOCC6)CSc6ccccc6)c(S(=O)(=O)C(F)(F)F)c5)cc4)CC3)C2)C(C)(C)C)cc1. The Bertz CT molecular complexity index is 4270. The highest BCUT2D eigenvalue weighted by Crippen LogP contribution is 2.38. The van der Waals surface area contributed by atoms with Gasteiger partial charge in [-0.25, -0.2) is 26.5 Å². The Labute approximate surface area is 633 Å². The molecule has 5 amide bonds. The molecular weight excluding hydrogens is 1460 g/mol. The molecule has 4 aliphatic rings. The maximum absolute atomic E-state index is 14.4. The predicted molar refractivity (Wildman–Crippen MR) is 409 cm³/mol. The van der Waals surface area contributed by atoms with E-state index in [1.807, 2.05) is 129 Å². The predicted octanol–water partition coefficient (Wildman–Crippen LogP) is 11.8. The highest BCUT2D eigenvalue weighted by molar-refractivity contribution is 7.99. The first-order valence-corrected chi connectivity index (χ1v) is 41.4. The van der Waals surface area contributed by atoms with Crippen molar-refractivity contribution in [2.45, 2.75) is 156 Å². The number of nitrogens with zero attached hydrogens (tertiary/aromatic N) is 6. The maximum atomic E-state index is 14.4. The molecule has 6 aromatic rings. The van der Waals surface area contributed by atoms with Gasteiger partial charge in [0, 0.05) is 124 Å². The molecular formula is C77H96ClF3N10O11S4. The van der Waals surface area contributed by atoms with Gasteiger partial charge in [-0.1, -0.05) is 113 Å². The number of rotatable bonds is 31. The van der Waals surface area contributed by atoms with E-state index < -0.39 is 82.3 Å². The molecule has 0 radical (unpaired) electrons. The van der Waals surface area contributed by atoms with Crippen LogP contribution in [0.5, 0.6) is 0 Å². The lowest BCUT2D eigenvalue weighted by molar-refractivity contribution is -0.144. The molecule has 2 unspecified atom stereocenters. The van der Waals surface area contributed by atoms with E-state index >= 15 is 0 Å². The minimum atomic E-state index is -6.11. The molecule has 21 nitrogen and oxygen atoms in total. The number of ether oxygens (including phenoxy) is 1. The van der Waals surface area contributed by atoms with Crippen molar-refractivity contribution in [3.8, 4) is 10.4 Å². The molecule has 3 fully saturated rings. The Morgan fingerprint density at radius 3 is 2.08 bits per heavy atom. The molecule has 5 N–H and O–H groups in total. The van der Waals surface area contributed by atoms with Gasteiger partial charge in [-0.2, -0.15) is 13.2 Å². The van der Waals surface area contributed by atoms with E-state index in [4.69, 9.17) is 16.3 Å². The van der Waals surface area contributed by atoms with Gasteiger partial charge in [0.2, 0.25) is 23.6 Å². The Kier molecular flexibility index (Phi) is 28.1. The van der Waals surface area contributed by atoms with E-state index in [0.717, 1.165) is 81.2 Å². The molecule has 106 heavy (non-hydrogen) atoms. The number of sulfone groups is 1. The van der Waals surface area contributed by atoms with Gasteiger partial charge >= 0.3 is 5.51 Å². The van der Waals surface area contributed by atoms with Crippen molar-refractivity contribution in [1.82, 2.24) is 39.9 Å². The summed E-state index contributed by atoms with van der Waals surface area (Å²) < 4.78 is 105. The Morgan fingerprint density at radius 2 is 1.43 bits per heavy atom. The smallest absolute Gasteiger partial charge is 0.391 e. The first-order valence-electron chi connectivity index (χ1n) is 36.2. The van der Waals surface area contributed by atoms with E-state index in [-0.39, 0.29) is 48.7 Å². The quantitative estimate of drug-likeness (QED) is 0.0200. The number of thiazole rings is 1. The molecule has 1 aromatic heterocycles. The molecule has 3 saturated heterocycles. The molecule has 5 aromatic carbocycles. The summed E-state index contributed by atoms with van der Waals surface area (Å²) in [7, 11) is -11.0. The fraction of sp³-hybridized carbons (Fsp3) is 0.481. The van der Waals surface area contributed by atoms with Gasteiger partial charge < -0.3 is 40.5 Å². The lowest BCUT2D eigenvalue weighted by atomic mass is 9.85. The molecule has 4 aliphatic heterocycles. The number of β-amino-alcohol motifs (C(OH)–C–C–N with tert-alkyl or cyclic N) is 1. The van der Waals surface area contributed by atoms with E-state index in [9.17, 15) is 59.1 Å². The Balaban J connectivity index is 0.669. The molecule has 0 saturated carbocycles. The number of benzene rings is 5. The normalized spacial score (nSPS) is 18.1. The lowest BCUT2D eigenvalue weighted by Gasteiger charge is -2.39. The Morgan fingerprint density at radius 1 is 0.774 bits per heavy atom. The fourth-order valence-electron chi connectivity index (χ4n) is 13.8. The van der Waals surface area contributed by atoms with Crippen LogP contribution in [0.2, 0.25) is 5.02 Å². The number of amides is 5. The number of nitrogens with one attached hydrogen (secondary N) is 4. The van der Waals surface area contributed by atoms with E-state index in [2.05, 4.69) is 35.6 Å². The summed E-state index contributed by atoms with van der Waals surface area (Å²) in [5.74, 6) is -1.70. The fourth-order valence-corrected chi connectivity index (χ4v) is 17.7. The van der Waals surface area contributed by atoms with Crippen LogP contribution in [0.15, 0.2) is 147 Å². The molecule has 0 bridgehead atoms. The zero-order chi connectivity index (χ0) is 75.9. The zero-order valence-corrected chi connectivity index (χ0v) is 64.6. The van der Waals surface area contributed by atoms with Crippen molar-refractivity contribution in [1.29, 1.82) is 0 Å². The minimum Gasteiger partial charge on any atom is -0.391 e. The summed E-state index contributed by atoms with van der Waals surface area (Å²) in [5, 5.41) is 20.4. The summed E-state index contributed by atoms with van der Waals surface area (Å²) in [6.45, 7) is 16.5. The van der Waals surface area contributed by atoms with Crippen LogP contribution in [0.3, 0.4) is 0 Å². The Hall–Kier alpha value is -7.41. The number of piperazine rings is 1. The van der Waals surface area contributed by atoms with Crippen molar-refractivity contribution in [3.05, 3.63) is 160 Å². The third-order valence-corrected chi connectivity index (χ3v) is 25.2. The van der Waals surface area contributed by atoms with Crippen LogP contribution in [0.25, 0.3) is 16.0 Å². The zero-order valence-electron chi connectivity index (χ0n) is 60.5. The van der Waals surface area contributed by atoms with E-state index in [1.54, 1.807) is 23.5 Å². The van der Waals surface area contributed by atoms with Crippen molar-refractivity contribution in [2.24, 2.45) is 5.41 Å². The molecule has 29 heteroatoms. The summed E-state index contributed by atoms with van der Waals surface area (Å²) in [5.41, 5.74) is 1.83. The molecule has 5 heterocycles. The van der Waals surface area contributed by atoms with Gasteiger partial charge in [0.25, 0.3) is 25.8 Å². The summed E-state index contributed by atoms with van der Waals surface area (Å²) in [6, 6.07) is 30.8. The molecule has 10 rings (SSSR count). The van der Waals surface area contributed by atoms with Crippen LogP contribution in [-0.4, -0.2) is 197 Å². The first kappa shape index (κ1) is 81.1. The second-order valence-corrected chi connectivity index (χ2v) is 34.7. The number of halogens is 4. The number of unbranched alkanes of at least 4 members (excludes halogenated alkanes) is 5. The number of hydrogen-bond acceptors (Lipinski definition) is 18.